The van der Waals surface area contributed by atoms with E-state index in [9.17, 15) is 0 Å². The standard InChI is InChI=1S/C14H19ClN2/c1-4-5-6-11-8-12-13(7-10(11)2)17(3)14(9-15)16-12/h7-8H,4-6,9H2,1-3H3. The molecular weight excluding hydrogens is 232 g/mol. The number of aryl methyl sites for hydroxylation is 3. The Labute approximate surface area is 108 Å². The minimum atomic E-state index is 0.467. The maximum Gasteiger partial charge on any atom is 0.124 e. The van der Waals surface area contributed by atoms with Crippen LogP contribution in [0.25, 0.3) is 11.0 Å². The van der Waals surface area contributed by atoms with Crippen molar-refractivity contribution in [2.24, 2.45) is 7.05 Å². The number of halogens is 1. The zero-order valence-electron chi connectivity index (χ0n) is 10.8. The van der Waals surface area contributed by atoms with Gasteiger partial charge < -0.3 is 4.57 Å². The molecule has 0 aliphatic carbocycles. The number of imidazole rings is 1. The van der Waals surface area contributed by atoms with E-state index in [1.165, 1.54) is 29.5 Å². The van der Waals surface area contributed by atoms with Crippen molar-refractivity contribution >= 4 is 22.6 Å². The van der Waals surface area contributed by atoms with Gasteiger partial charge in [0.15, 0.2) is 0 Å². The van der Waals surface area contributed by atoms with Crippen LogP contribution < -0.4 is 0 Å². The van der Waals surface area contributed by atoms with Crippen molar-refractivity contribution in [1.29, 1.82) is 0 Å². The van der Waals surface area contributed by atoms with Gasteiger partial charge in [0.25, 0.3) is 0 Å². The van der Waals surface area contributed by atoms with Crippen LogP contribution in [-0.2, 0) is 19.3 Å². The molecule has 0 amide bonds. The van der Waals surface area contributed by atoms with Gasteiger partial charge in [-0.25, -0.2) is 4.98 Å². The number of nitrogens with zero attached hydrogens (tertiary/aromatic N) is 2. The predicted molar refractivity (Wildman–Crippen MR) is 73.6 cm³/mol. The molecule has 92 valence electrons. The first-order valence-electron chi connectivity index (χ1n) is 6.18. The van der Waals surface area contributed by atoms with E-state index in [1.807, 2.05) is 7.05 Å². The lowest BCUT2D eigenvalue weighted by atomic mass is 10.0. The second-order valence-corrected chi connectivity index (χ2v) is 4.86. The monoisotopic (exact) mass is 250 g/mol. The summed E-state index contributed by atoms with van der Waals surface area (Å²) in [6.07, 6.45) is 3.61. The maximum absolute atomic E-state index is 5.88. The number of benzene rings is 1. The largest absolute Gasteiger partial charge is 0.330 e. The number of alkyl halides is 1. The van der Waals surface area contributed by atoms with E-state index in [0.29, 0.717) is 5.88 Å². The summed E-state index contributed by atoms with van der Waals surface area (Å²) in [5, 5.41) is 0. The topological polar surface area (TPSA) is 17.8 Å². The summed E-state index contributed by atoms with van der Waals surface area (Å²) < 4.78 is 2.08. The van der Waals surface area contributed by atoms with Crippen LogP contribution in [0.4, 0.5) is 0 Å². The number of hydrogen-bond donors (Lipinski definition) is 0. The number of rotatable bonds is 4. The normalized spacial score (nSPS) is 11.3. The highest BCUT2D eigenvalue weighted by Crippen LogP contribution is 2.22. The van der Waals surface area contributed by atoms with Gasteiger partial charge in [-0.05, 0) is 43.0 Å². The van der Waals surface area contributed by atoms with E-state index < -0.39 is 0 Å². The maximum atomic E-state index is 5.88. The fraction of sp³-hybridized carbons (Fsp3) is 0.500. The van der Waals surface area contributed by atoms with Crippen molar-refractivity contribution in [3.63, 3.8) is 0 Å². The fourth-order valence-electron chi connectivity index (χ4n) is 2.19. The molecule has 1 aromatic carbocycles. The van der Waals surface area contributed by atoms with Gasteiger partial charge in [-0.1, -0.05) is 13.3 Å². The van der Waals surface area contributed by atoms with Gasteiger partial charge in [-0.15, -0.1) is 11.6 Å². The molecule has 0 N–H and O–H groups in total. The molecule has 0 saturated heterocycles. The van der Waals surface area contributed by atoms with E-state index in [-0.39, 0.29) is 0 Å². The fourth-order valence-corrected chi connectivity index (χ4v) is 2.43. The molecule has 0 unspecified atom stereocenters. The second-order valence-electron chi connectivity index (χ2n) is 4.59. The molecule has 0 bridgehead atoms. The quantitative estimate of drug-likeness (QED) is 0.751. The van der Waals surface area contributed by atoms with Crippen molar-refractivity contribution in [2.75, 3.05) is 0 Å². The predicted octanol–water partition coefficient (Wildman–Crippen LogP) is 3.96. The first-order chi connectivity index (χ1) is 8.17. The van der Waals surface area contributed by atoms with Crippen LogP contribution >= 0.6 is 11.6 Å². The number of unbranched alkanes of at least 4 members (excludes halogenated alkanes) is 1. The summed E-state index contributed by atoms with van der Waals surface area (Å²) in [6.45, 7) is 4.40. The third-order valence-corrected chi connectivity index (χ3v) is 3.59. The third kappa shape index (κ3) is 2.32. The van der Waals surface area contributed by atoms with Gasteiger partial charge in [0, 0.05) is 7.05 Å². The van der Waals surface area contributed by atoms with Crippen molar-refractivity contribution in [3.8, 4) is 0 Å². The molecule has 0 fully saturated rings. The molecule has 2 aromatic rings. The lowest BCUT2D eigenvalue weighted by Gasteiger charge is -2.06. The molecule has 0 aliphatic rings. The van der Waals surface area contributed by atoms with Crippen molar-refractivity contribution in [3.05, 3.63) is 29.1 Å². The Balaban J connectivity index is 2.49. The lowest BCUT2D eigenvalue weighted by Crippen LogP contribution is -1.94. The molecule has 0 atom stereocenters. The highest BCUT2D eigenvalue weighted by Gasteiger charge is 2.09. The Morgan fingerprint density at radius 3 is 2.76 bits per heavy atom. The Morgan fingerprint density at radius 1 is 1.35 bits per heavy atom. The highest BCUT2D eigenvalue weighted by atomic mass is 35.5. The average molecular weight is 251 g/mol. The molecule has 0 radical (unpaired) electrons. The molecule has 2 rings (SSSR count). The van der Waals surface area contributed by atoms with Crippen LogP contribution in [-0.4, -0.2) is 9.55 Å². The molecule has 1 heterocycles. The van der Waals surface area contributed by atoms with Crippen LogP contribution in [0.15, 0.2) is 12.1 Å². The molecule has 1 aromatic heterocycles. The smallest absolute Gasteiger partial charge is 0.124 e. The number of fused-ring (bicyclic) bond motifs is 1. The Hall–Kier alpha value is -1.02. The van der Waals surface area contributed by atoms with Gasteiger partial charge in [0.05, 0.1) is 16.9 Å². The molecule has 3 heteroatoms. The van der Waals surface area contributed by atoms with E-state index in [1.54, 1.807) is 0 Å². The second kappa shape index (κ2) is 5.09. The summed E-state index contributed by atoms with van der Waals surface area (Å²) in [7, 11) is 2.03. The number of hydrogen-bond acceptors (Lipinski definition) is 1. The van der Waals surface area contributed by atoms with E-state index >= 15 is 0 Å². The summed E-state index contributed by atoms with van der Waals surface area (Å²) >= 11 is 5.88. The average Bonchev–Trinajstić information content (AvgIpc) is 2.63. The van der Waals surface area contributed by atoms with E-state index in [0.717, 1.165) is 17.8 Å². The van der Waals surface area contributed by atoms with Crippen molar-refractivity contribution < 1.29 is 0 Å². The Kier molecular flexibility index (Phi) is 3.72. The Morgan fingerprint density at radius 2 is 2.12 bits per heavy atom. The van der Waals surface area contributed by atoms with Gasteiger partial charge in [0.2, 0.25) is 0 Å². The Bertz CT molecular complexity index is 528. The van der Waals surface area contributed by atoms with Gasteiger partial charge in [-0.3, -0.25) is 0 Å². The van der Waals surface area contributed by atoms with Crippen molar-refractivity contribution in [1.82, 2.24) is 9.55 Å². The number of aromatic nitrogens is 2. The summed E-state index contributed by atoms with van der Waals surface area (Å²) in [6, 6.07) is 4.44. The molecule has 17 heavy (non-hydrogen) atoms. The third-order valence-electron chi connectivity index (χ3n) is 3.35. The summed E-state index contributed by atoms with van der Waals surface area (Å²) in [4.78, 5) is 4.57. The summed E-state index contributed by atoms with van der Waals surface area (Å²) in [5.41, 5.74) is 5.02. The first-order valence-corrected chi connectivity index (χ1v) is 6.71. The van der Waals surface area contributed by atoms with E-state index in [4.69, 9.17) is 11.6 Å². The lowest BCUT2D eigenvalue weighted by molar-refractivity contribution is 0.792. The zero-order valence-corrected chi connectivity index (χ0v) is 11.5. The molecule has 2 nitrogen and oxygen atoms in total. The van der Waals surface area contributed by atoms with Crippen LogP contribution in [0, 0.1) is 6.92 Å². The molecule has 0 saturated carbocycles. The van der Waals surface area contributed by atoms with Crippen LogP contribution in [0.3, 0.4) is 0 Å². The van der Waals surface area contributed by atoms with Crippen molar-refractivity contribution in [2.45, 2.75) is 39.0 Å². The molecule has 0 aliphatic heterocycles. The van der Waals surface area contributed by atoms with Crippen LogP contribution in [0.1, 0.15) is 36.7 Å². The highest BCUT2D eigenvalue weighted by molar-refractivity contribution is 6.16. The van der Waals surface area contributed by atoms with Gasteiger partial charge in [-0.2, -0.15) is 0 Å². The summed E-state index contributed by atoms with van der Waals surface area (Å²) in [5.74, 6) is 1.41. The first kappa shape index (κ1) is 12.4. The van der Waals surface area contributed by atoms with Gasteiger partial charge in [0.1, 0.15) is 5.82 Å². The molecule has 0 spiro atoms. The SMILES string of the molecule is CCCCc1cc2nc(CCl)n(C)c2cc1C. The van der Waals surface area contributed by atoms with Gasteiger partial charge >= 0.3 is 0 Å². The minimum absolute atomic E-state index is 0.467. The minimum Gasteiger partial charge on any atom is -0.330 e. The van der Waals surface area contributed by atoms with Crippen LogP contribution in [0.2, 0.25) is 0 Å². The van der Waals surface area contributed by atoms with Crippen LogP contribution in [0.5, 0.6) is 0 Å². The molecular formula is C14H19ClN2. The van der Waals surface area contributed by atoms with E-state index in [2.05, 4.69) is 35.5 Å². The zero-order chi connectivity index (χ0) is 12.4.